The van der Waals surface area contributed by atoms with Gasteiger partial charge in [0.1, 0.15) is 0 Å². The van der Waals surface area contributed by atoms with Gasteiger partial charge in [-0.2, -0.15) is 0 Å². The quantitative estimate of drug-likeness (QED) is 0.840. The van der Waals surface area contributed by atoms with E-state index in [1.807, 2.05) is 11.3 Å². The second-order valence-corrected chi connectivity index (χ2v) is 9.05. The van der Waals surface area contributed by atoms with Gasteiger partial charge in [-0.25, -0.2) is 0 Å². The molecule has 0 aliphatic carbocycles. The van der Waals surface area contributed by atoms with Crippen LogP contribution < -0.4 is 15.5 Å². The molecule has 1 atom stereocenters. The minimum absolute atomic E-state index is 0.249. The molecule has 1 aromatic heterocycles. The Hall–Kier alpha value is -1.98. The van der Waals surface area contributed by atoms with Crippen LogP contribution in [0.15, 0.2) is 36.4 Å². The molecule has 2 N–H and O–H groups in total. The van der Waals surface area contributed by atoms with E-state index in [9.17, 15) is 0 Å². The van der Waals surface area contributed by atoms with Gasteiger partial charge in [0, 0.05) is 49.8 Å². The highest BCUT2D eigenvalue weighted by molar-refractivity contribution is 7.13. The van der Waals surface area contributed by atoms with Crippen molar-refractivity contribution < 1.29 is 0 Å². The first-order valence-electron chi connectivity index (χ1n) is 10.2. The number of hydrogen-bond acceptors (Lipinski definition) is 5. The zero-order valence-corrected chi connectivity index (χ0v) is 16.8. The smallest absolute Gasteiger partial charge is 0.0736 e. The zero-order valence-electron chi connectivity index (χ0n) is 16.0. The molecule has 2 aromatic rings. The fraction of sp³-hybridized carbons (Fsp3) is 0.455. The highest BCUT2D eigenvalue weighted by atomic mass is 32.1. The number of likely N-dealkylation sites (tertiary alicyclic amines) is 1. The van der Waals surface area contributed by atoms with Crippen molar-refractivity contribution in [3.8, 4) is 0 Å². The molecule has 2 fully saturated rings. The third kappa shape index (κ3) is 3.34. The first kappa shape index (κ1) is 17.1. The summed E-state index contributed by atoms with van der Waals surface area (Å²) >= 11 is 1.92. The van der Waals surface area contributed by atoms with Gasteiger partial charge in [-0.1, -0.05) is 12.1 Å². The van der Waals surface area contributed by atoms with Crippen molar-refractivity contribution >= 4 is 28.4 Å². The van der Waals surface area contributed by atoms with E-state index < -0.39 is 0 Å². The molecule has 1 unspecified atom stereocenters. The lowest BCUT2D eigenvalue weighted by atomic mass is 10.0. The molecule has 4 heterocycles. The van der Waals surface area contributed by atoms with Crippen LogP contribution in [0.1, 0.15) is 34.2 Å². The molecule has 0 amide bonds. The Balaban J connectivity index is 1.43. The minimum atomic E-state index is 0.249. The summed E-state index contributed by atoms with van der Waals surface area (Å²) in [6, 6.07) is 11.7. The van der Waals surface area contributed by atoms with Gasteiger partial charge in [0.25, 0.3) is 0 Å². The number of aryl methyl sites for hydroxylation is 1. The van der Waals surface area contributed by atoms with Crippen LogP contribution >= 0.6 is 11.3 Å². The van der Waals surface area contributed by atoms with Crippen molar-refractivity contribution in [1.82, 2.24) is 10.2 Å². The van der Waals surface area contributed by atoms with Crippen molar-refractivity contribution in [2.24, 2.45) is 0 Å². The van der Waals surface area contributed by atoms with Crippen molar-refractivity contribution in [1.29, 1.82) is 0 Å². The largest absolute Gasteiger partial charge is 0.373 e. The lowest BCUT2D eigenvalue weighted by Crippen LogP contribution is -2.43. The van der Waals surface area contributed by atoms with Crippen LogP contribution in [0, 0.1) is 6.92 Å². The Morgan fingerprint density at radius 3 is 2.44 bits per heavy atom. The van der Waals surface area contributed by atoms with E-state index in [2.05, 4.69) is 63.8 Å². The molecular weight excluding hydrogens is 352 g/mol. The van der Waals surface area contributed by atoms with Gasteiger partial charge >= 0.3 is 0 Å². The molecule has 0 saturated carbocycles. The molecule has 2 saturated heterocycles. The number of hydrogen-bond donors (Lipinski definition) is 2. The third-order valence-electron chi connectivity index (χ3n) is 5.90. The number of thiophene rings is 1. The molecule has 5 heteroatoms. The monoisotopic (exact) mass is 380 g/mol. The van der Waals surface area contributed by atoms with E-state index in [1.54, 1.807) is 0 Å². The molecular formula is C22H28N4S. The number of nitrogens with one attached hydrogen (secondary N) is 2. The number of rotatable bonds is 3. The van der Waals surface area contributed by atoms with Crippen LogP contribution in [0.4, 0.5) is 11.4 Å². The van der Waals surface area contributed by atoms with Crippen molar-refractivity contribution in [2.75, 3.05) is 49.5 Å². The van der Waals surface area contributed by atoms with Crippen LogP contribution in [-0.4, -0.2) is 44.2 Å². The van der Waals surface area contributed by atoms with E-state index in [4.69, 9.17) is 0 Å². The number of fused-ring (bicyclic) bond motifs is 1. The molecule has 27 heavy (non-hydrogen) atoms. The summed E-state index contributed by atoms with van der Waals surface area (Å²) in [5.41, 5.74) is 5.43. The Morgan fingerprint density at radius 2 is 1.70 bits per heavy atom. The highest BCUT2D eigenvalue weighted by Crippen LogP contribution is 2.42. The van der Waals surface area contributed by atoms with Gasteiger partial charge in [0.15, 0.2) is 0 Å². The molecule has 4 nitrogen and oxygen atoms in total. The normalized spacial score (nSPS) is 22.4. The summed E-state index contributed by atoms with van der Waals surface area (Å²) in [4.78, 5) is 7.85. The van der Waals surface area contributed by atoms with Crippen LogP contribution in [0.25, 0.3) is 5.70 Å². The maximum absolute atomic E-state index is 3.77. The molecule has 1 aromatic carbocycles. The highest BCUT2D eigenvalue weighted by Gasteiger charge is 2.27. The molecule has 3 aliphatic rings. The summed E-state index contributed by atoms with van der Waals surface area (Å²) < 4.78 is 0. The zero-order chi connectivity index (χ0) is 18.2. The van der Waals surface area contributed by atoms with Gasteiger partial charge in [0.2, 0.25) is 0 Å². The van der Waals surface area contributed by atoms with Gasteiger partial charge in [-0.15, -0.1) is 11.3 Å². The second kappa shape index (κ2) is 7.21. The first-order chi connectivity index (χ1) is 13.3. The Bertz CT molecular complexity index is 826. The fourth-order valence-corrected chi connectivity index (χ4v) is 5.48. The van der Waals surface area contributed by atoms with Gasteiger partial charge in [-0.3, -0.25) is 0 Å². The van der Waals surface area contributed by atoms with Crippen LogP contribution in [0.5, 0.6) is 0 Å². The Morgan fingerprint density at radius 1 is 0.963 bits per heavy atom. The van der Waals surface area contributed by atoms with Crippen LogP contribution in [0.3, 0.4) is 0 Å². The third-order valence-corrected chi connectivity index (χ3v) is 6.98. The second-order valence-electron chi connectivity index (χ2n) is 7.80. The van der Waals surface area contributed by atoms with Gasteiger partial charge in [0.05, 0.1) is 22.3 Å². The van der Waals surface area contributed by atoms with Crippen molar-refractivity contribution in [3.63, 3.8) is 0 Å². The van der Waals surface area contributed by atoms with E-state index >= 15 is 0 Å². The van der Waals surface area contributed by atoms with E-state index in [0.717, 1.165) is 26.2 Å². The summed E-state index contributed by atoms with van der Waals surface area (Å²) in [7, 11) is 0. The summed E-state index contributed by atoms with van der Waals surface area (Å²) in [6.07, 6.45) is 5.08. The predicted molar refractivity (Wildman–Crippen MR) is 116 cm³/mol. The average molecular weight is 381 g/mol. The maximum Gasteiger partial charge on any atom is 0.0736 e. The van der Waals surface area contributed by atoms with Gasteiger partial charge < -0.3 is 20.4 Å². The number of nitrogens with zero attached hydrogens (tertiary/aromatic N) is 2. The fourth-order valence-electron chi connectivity index (χ4n) is 4.46. The molecule has 0 bridgehead atoms. The van der Waals surface area contributed by atoms with Crippen molar-refractivity contribution in [3.05, 3.63) is 51.7 Å². The molecule has 3 aliphatic heterocycles. The standard InChI is InChI=1S/C22H28N4S/c1-16-14-20-22(27-16)21(26-10-2-3-11-26)15-19(24-20)17-4-6-18(7-5-17)25-12-8-23-9-13-25/h4-7,14-15,19,23-24H,2-3,8-13H2,1H3. The van der Waals surface area contributed by atoms with E-state index in [1.165, 1.54) is 58.3 Å². The molecule has 142 valence electrons. The summed E-state index contributed by atoms with van der Waals surface area (Å²) in [6.45, 7) is 8.94. The van der Waals surface area contributed by atoms with E-state index in [-0.39, 0.29) is 6.04 Å². The Kier molecular flexibility index (Phi) is 4.58. The topological polar surface area (TPSA) is 30.5 Å². The lowest BCUT2D eigenvalue weighted by molar-refractivity contribution is 0.491. The minimum Gasteiger partial charge on any atom is -0.373 e. The predicted octanol–water partition coefficient (Wildman–Crippen LogP) is 4.07. The molecule has 0 spiro atoms. The maximum atomic E-state index is 3.77. The summed E-state index contributed by atoms with van der Waals surface area (Å²) in [5, 5.41) is 7.20. The number of benzene rings is 1. The summed E-state index contributed by atoms with van der Waals surface area (Å²) in [5.74, 6) is 0. The molecule has 0 radical (unpaired) electrons. The lowest BCUT2D eigenvalue weighted by Gasteiger charge is -2.31. The molecule has 5 rings (SSSR count). The SMILES string of the molecule is Cc1cc2c(s1)C(N1CCCC1)=CC(c1ccc(N3CCNCC3)cc1)N2. The number of piperazine rings is 1. The number of anilines is 2. The Labute approximate surface area is 165 Å². The van der Waals surface area contributed by atoms with Crippen LogP contribution in [0.2, 0.25) is 0 Å². The van der Waals surface area contributed by atoms with Crippen LogP contribution in [-0.2, 0) is 0 Å². The first-order valence-corrected chi connectivity index (χ1v) is 11.0. The van der Waals surface area contributed by atoms with Crippen molar-refractivity contribution in [2.45, 2.75) is 25.8 Å². The van der Waals surface area contributed by atoms with E-state index in [0.29, 0.717) is 0 Å². The average Bonchev–Trinajstić information content (AvgIpc) is 3.37. The van der Waals surface area contributed by atoms with Gasteiger partial charge in [-0.05, 0) is 49.6 Å².